The van der Waals surface area contributed by atoms with Crippen molar-refractivity contribution in [3.8, 4) is 0 Å². The van der Waals surface area contributed by atoms with Crippen LogP contribution in [0.2, 0.25) is 0 Å². The number of nitrogens with zero attached hydrogens (tertiary/aromatic N) is 2. The highest BCUT2D eigenvalue weighted by Crippen LogP contribution is 2.21. The average molecular weight is 361 g/mol. The molecule has 0 amide bonds. The molecule has 0 saturated carbocycles. The van der Waals surface area contributed by atoms with Crippen LogP contribution in [0.4, 0.5) is 5.69 Å². The van der Waals surface area contributed by atoms with E-state index >= 15 is 0 Å². The first-order chi connectivity index (χ1) is 12.7. The summed E-state index contributed by atoms with van der Waals surface area (Å²) in [6.07, 6.45) is 0.848. The molecule has 2 nitrogen and oxygen atoms in total. The van der Waals surface area contributed by atoms with Crippen molar-refractivity contribution in [2.45, 2.75) is 13.3 Å². The van der Waals surface area contributed by atoms with E-state index in [-0.39, 0.29) is 0 Å². The molecule has 1 aliphatic heterocycles. The van der Waals surface area contributed by atoms with Crippen LogP contribution in [0.3, 0.4) is 0 Å². The lowest BCUT2D eigenvalue weighted by molar-refractivity contribution is 0.387. The molecule has 3 aromatic carbocycles. The predicted molar refractivity (Wildman–Crippen MR) is 115 cm³/mol. The Morgan fingerprint density at radius 2 is 1.62 bits per heavy atom. The van der Waals surface area contributed by atoms with Crippen LogP contribution >= 0.6 is 12.2 Å². The van der Waals surface area contributed by atoms with Gasteiger partial charge in [0.1, 0.15) is 0 Å². The molecule has 0 spiro atoms. The zero-order valence-corrected chi connectivity index (χ0v) is 16.0. The molecule has 1 fully saturated rings. The number of rotatable bonds is 3. The van der Waals surface area contributed by atoms with E-state index in [1.54, 1.807) is 0 Å². The highest BCUT2D eigenvalue weighted by atomic mass is 32.1. The number of benzene rings is 3. The Morgan fingerprint density at radius 3 is 2.42 bits per heavy atom. The summed E-state index contributed by atoms with van der Waals surface area (Å²) in [5.74, 6) is 0. The molecule has 0 bridgehead atoms. The summed E-state index contributed by atoms with van der Waals surface area (Å²) in [7, 11) is 0. The number of hydrogen-bond donors (Lipinski definition) is 0. The minimum absolute atomic E-state index is 0.848. The molecule has 0 unspecified atom stereocenters. The van der Waals surface area contributed by atoms with Crippen LogP contribution in [0.25, 0.3) is 10.8 Å². The highest BCUT2D eigenvalue weighted by Gasteiger charge is 2.19. The number of anilines is 1. The fraction of sp³-hybridized carbons (Fsp3) is 0.261. The van der Waals surface area contributed by atoms with Gasteiger partial charge in [-0.15, -0.1) is 0 Å². The van der Waals surface area contributed by atoms with E-state index < -0.39 is 0 Å². The largest absolute Gasteiger partial charge is 0.368 e. The molecule has 3 heteroatoms. The number of thiocarbonyl (C=S) groups is 1. The second-order valence-electron chi connectivity index (χ2n) is 7.02. The predicted octanol–water partition coefficient (Wildman–Crippen LogP) is 4.84. The zero-order chi connectivity index (χ0) is 17.9. The molecule has 1 heterocycles. The molecule has 0 N–H and O–H groups in total. The lowest BCUT2D eigenvalue weighted by atomic mass is 10.0. The molecule has 1 saturated heterocycles. The average Bonchev–Trinajstić information content (AvgIpc) is 2.68. The molecular weight excluding hydrogens is 336 g/mol. The smallest absolute Gasteiger partial charge is 0.0825 e. The Morgan fingerprint density at radius 1 is 0.885 bits per heavy atom. The standard InChI is InChI=1S/C23H24N2S/c1-18-6-4-10-21(16-18)24-12-14-25(15-13-24)23(26)17-20-9-5-8-19-7-2-3-11-22(19)20/h2-11,16H,12-15,17H2,1H3. The fourth-order valence-corrected chi connectivity index (χ4v) is 4.10. The summed E-state index contributed by atoms with van der Waals surface area (Å²) in [6, 6.07) is 23.8. The van der Waals surface area contributed by atoms with E-state index in [0.717, 1.165) is 37.6 Å². The molecule has 0 aromatic heterocycles. The van der Waals surface area contributed by atoms with Crippen molar-refractivity contribution in [3.63, 3.8) is 0 Å². The summed E-state index contributed by atoms with van der Waals surface area (Å²) in [6.45, 7) is 6.20. The summed E-state index contributed by atoms with van der Waals surface area (Å²) in [4.78, 5) is 5.90. The number of piperazine rings is 1. The van der Waals surface area contributed by atoms with Crippen LogP contribution in [0.1, 0.15) is 11.1 Å². The monoisotopic (exact) mass is 360 g/mol. The summed E-state index contributed by atoms with van der Waals surface area (Å²) in [5.41, 5.74) is 3.97. The Kier molecular flexibility index (Phi) is 4.89. The molecule has 26 heavy (non-hydrogen) atoms. The first-order valence-electron chi connectivity index (χ1n) is 9.27. The third kappa shape index (κ3) is 3.58. The number of hydrogen-bond acceptors (Lipinski definition) is 2. The fourth-order valence-electron chi connectivity index (χ4n) is 3.76. The Balaban J connectivity index is 1.42. The van der Waals surface area contributed by atoms with Crippen LogP contribution in [-0.4, -0.2) is 36.1 Å². The van der Waals surface area contributed by atoms with Crippen molar-refractivity contribution in [2.24, 2.45) is 0 Å². The van der Waals surface area contributed by atoms with Crippen molar-refractivity contribution >= 4 is 33.7 Å². The zero-order valence-electron chi connectivity index (χ0n) is 15.2. The normalized spacial score (nSPS) is 14.7. The van der Waals surface area contributed by atoms with Gasteiger partial charge in [0.25, 0.3) is 0 Å². The van der Waals surface area contributed by atoms with Crippen LogP contribution in [0.5, 0.6) is 0 Å². The van der Waals surface area contributed by atoms with E-state index in [1.807, 2.05) is 0 Å². The van der Waals surface area contributed by atoms with Gasteiger partial charge < -0.3 is 9.80 Å². The second kappa shape index (κ2) is 7.46. The molecule has 0 aliphatic carbocycles. The van der Waals surface area contributed by atoms with Crippen molar-refractivity contribution < 1.29 is 0 Å². The SMILES string of the molecule is Cc1cccc(N2CCN(C(=S)Cc3cccc4ccccc34)CC2)c1. The van der Waals surface area contributed by atoms with E-state index in [9.17, 15) is 0 Å². The third-order valence-corrected chi connectivity index (χ3v) is 5.62. The van der Waals surface area contributed by atoms with E-state index in [4.69, 9.17) is 12.2 Å². The van der Waals surface area contributed by atoms with Gasteiger partial charge >= 0.3 is 0 Å². The van der Waals surface area contributed by atoms with Gasteiger partial charge in [-0.1, -0.05) is 66.8 Å². The Hall–Kier alpha value is -2.39. The molecule has 132 valence electrons. The molecule has 0 radical (unpaired) electrons. The van der Waals surface area contributed by atoms with E-state index in [0.29, 0.717) is 0 Å². The quantitative estimate of drug-likeness (QED) is 0.617. The maximum atomic E-state index is 5.80. The molecule has 0 atom stereocenters. The van der Waals surface area contributed by atoms with Gasteiger partial charge in [0.2, 0.25) is 0 Å². The van der Waals surface area contributed by atoms with Crippen molar-refractivity contribution in [2.75, 3.05) is 31.1 Å². The molecule has 1 aliphatic rings. The first kappa shape index (κ1) is 17.0. The summed E-state index contributed by atoms with van der Waals surface area (Å²) < 4.78 is 0. The van der Waals surface area contributed by atoms with Crippen LogP contribution in [-0.2, 0) is 6.42 Å². The maximum Gasteiger partial charge on any atom is 0.0825 e. The topological polar surface area (TPSA) is 6.48 Å². The number of fused-ring (bicyclic) bond motifs is 1. The molecular formula is C23H24N2S. The van der Waals surface area contributed by atoms with Gasteiger partial charge in [-0.3, -0.25) is 0 Å². The lowest BCUT2D eigenvalue weighted by Gasteiger charge is -2.37. The van der Waals surface area contributed by atoms with Gasteiger partial charge in [-0.25, -0.2) is 0 Å². The van der Waals surface area contributed by atoms with Crippen LogP contribution in [0.15, 0.2) is 66.7 Å². The van der Waals surface area contributed by atoms with Crippen molar-refractivity contribution in [1.82, 2.24) is 4.90 Å². The highest BCUT2D eigenvalue weighted by molar-refractivity contribution is 7.80. The van der Waals surface area contributed by atoms with Crippen molar-refractivity contribution in [3.05, 3.63) is 77.9 Å². The summed E-state index contributed by atoms with van der Waals surface area (Å²) >= 11 is 5.80. The van der Waals surface area contributed by atoms with Gasteiger partial charge in [0.15, 0.2) is 0 Å². The van der Waals surface area contributed by atoms with E-state index in [1.165, 1.54) is 27.6 Å². The second-order valence-corrected chi connectivity index (χ2v) is 7.49. The molecule has 4 rings (SSSR count). The maximum absolute atomic E-state index is 5.80. The van der Waals surface area contributed by atoms with Gasteiger partial charge in [-0.2, -0.15) is 0 Å². The Labute approximate surface area is 161 Å². The first-order valence-corrected chi connectivity index (χ1v) is 9.67. The Bertz CT molecular complexity index is 921. The van der Waals surface area contributed by atoms with Crippen LogP contribution < -0.4 is 4.90 Å². The van der Waals surface area contributed by atoms with Crippen LogP contribution in [0, 0.1) is 6.92 Å². The van der Waals surface area contributed by atoms with E-state index in [2.05, 4.69) is 83.5 Å². The van der Waals surface area contributed by atoms with Crippen molar-refractivity contribution in [1.29, 1.82) is 0 Å². The van der Waals surface area contributed by atoms with Gasteiger partial charge in [0, 0.05) is 38.3 Å². The third-order valence-electron chi connectivity index (χ3n) is 5.22. The molecule has 3 aromatic rings. The minimum atomic E-state index is 0.848. The minimum Gasteiger partial charge on any atom is -0.368 e. The number of aryl methyl sites for hydroxylation is 1. The van der Waals surface area contributed by atoms with Gasteiger partial charge in [0.05, 0.1) is 4.99 Å². The summed E-state index contributed by atoms with van der Waals surface area (Å²) in [5, 5.41) is 2.60. The lowest BCUT2D eigenvalue weighted by Crippen LogP contribution is -2.48. The van der Waals surface area contributed by atoms with Gasteiger partial charge in [-0.05, 0) is 41.0 Å².